The minimum atomic E-state index is -6.18. The Hall–Kier alpha value is -1.54. The minimum Gasteiger partial charge on any atom is -0.287 e. The molecule has 0 bridgehead atoms. The van der Waals surface area contributed by atoms with E-state index in [0.717, 1.165) is 13.8 Å². The lowest BCUT2D eigenvalue weighted by Crippen LogP contribution is -2.46. The van der Waals surface area contributed by atoms with Crippen molar-refractivity contribution in [2.24, 2.45) is 0 Å². The van der Waals surface area contributed by atoms with Crippen molar-refractivity contribution >= 4 is 11.8 Å². The molecule has 0 saturated carbocycles. The van der Waals surface area contributed by atoms with Crippen molar-refractivity contribution in [3.05, 3.63) is 11.1 Å². The molecule has 0 amide bonds. The molecule has 98 valence electrons. The van der Waals surface area contributed by atoms with E-state index in [1.807, 2.05) is 0 Å². The average Bonchev–Trinajstić information content (AvgIpc) is 2.15. The Balaban J connectivity index is 5.58. The molecule has 0 aromatic heterocycles. The fraction of sp³-hybridized carbons (Fsp3) is 0.500. The van der Waals surface area contributed by atoms with Crippen LogP contribution in [-0.4, -0.2) is 23.9 Å². The van der Waals surface area contributed by atoms with E-state index in [-0.39, 0.29) is 0 Å². The van der Waals surface area contributed by atoms with Gasteiger partial charge in [0.2, 0.25) is 5.78 Å². The van der Waals surface area contributed by atoms with Crippen molar-refractivity contribution in [3.8, 4) is 0 Å². The summed E-state index contributed by atoms with van der Waals surface area (Å²) >= 11 is 0. The zero-order valence-electron chi connectivity index (χ0n) is 8.49. The van der Waals surface area contributed by atoms with Crippen LogP contribution in [0.3, 0.4) is 0 Å². The van der Waals surface area contributed by atoms with Crippen LogP contribution in [0.1, 0.15) is 13.8 Å². The van der Waals surface area contributed by atoms with Crippen molar-refractivity contribution < 1.29 is 41.0 Å². The molecule has 9 heteroatoms. The molecule has 0 aromatic rings. The van der Waals surface area contributed by atoms with Gasteiger partial charge in [0.15, 0.2) is 0 Å². The normalized spacial score (nSPS) is 12.0. The van der Waals surface area contributed by atoms with Gasteiger partial charge in [-0.1, -0.05) is 5.57 Å². The number of hydrogen-bond donors (Lipinski definition) is 0. The van der Waals surface area contributed by atoms with Crippen LogP contribution in [0.5, 0.6) is 0 Å². The fourth-order valence-electron chi connectivity index (χ4n) is 0.848. The first kappa shape index (κ1) is 15.5. The van der Waals surface area contributed by atoms with E-state index in [4.69, 9.17) is 0 Å². The second kappa shape index (κ2) is 4.76. The second-order valence-electron chi connectivity index (χ2n) is 3.14. The lowest BCUT2D eigenvalue weighted by molar-refractivity contribution is -0.267. The molecule has 0 unspecified atom stereocenters. The number of ketones is 1. The number of carbonyl (C=O) groups is 2. The van der Waals surface area contributed by atoms with Crippen LogP contribution in [0.4, 0.5) is 26.5 Å². The van der Waals surface area contributed by atoms with E-state index in [2.05, 4.69) is 4.94 Å². The van der Waals surface area contributed by atoms with Crippen LogP contribution in [-0.2, 0) is 14.5 Å². The zero-order valence-corrected chi connectivity index (χ0v) is 8.49. The van der Waals surface area contributed by atoms with Crippen molar-refractivity contribution in [1.29, 1.82) is 0 Å². The van der Waals surface area contributed by atoms with Crippen LogP contribution < -0.4 is 0 Å². The number of halogens is 6. The predicted molar refractivity (Wildman–Crippen MR) is 41.6 cm³/mol. The smallest absolute Gasteiger partial charge is 0.287 e. The third-order valence-corrected chi connectivity index (χ3v) is 1.64. The highest BCUT2D eigenvalue weighted by Crippen LogP contribution is 2.38. The third kappa shape index (κ3) is 2.98. The van der Waals surface area contributed by atoms with Gasteiger partial charge in [-0.25, -0.2) is 9.74 Å². The van der Waals surface area contributed by atoms with E-state index < -0.39 is 35.0 Å². The van der Waals surface area contributed by atoms with Crippen LogP contribution >= 0.6 is 0 Å². The first-order chi connectivity index (χ1) is 7.46. The summed E-state index contributed by atoms with van der Waals surface area (Å²) in [7, 11) is 0. The summed E-state index contributed by atoms with van der Waals surface area (Å²) in [5.41, 5.74) is -2.20. The number of hydrogen-bond acceptors (Lipinski definition) is 3. The van der Waals surface area contributed by atoms with Gasteiger partial charge >= 0.3 is 18.1 Å². The molecule has 0 rings (SSSR count). The fourth-order valence-corrected chi connectivity index (χ4v) is 0.848. The van der Waals surface area contributed by atoms with Crippen molar-refractivity contribution in [2.75, 3.05) is 0 Å². The number of allylic oxidation sites excluding steroid dienone is 1. The highest BCUT2D eigenvalue weighted by Gasteiger charge is 2.64. The molecule has 0 radical (unpaired) electrons. The number of carbonyl (C=O) groups excluding carboxylic acids is 2. The van der Waals surface area contributed by atoms with Crippen molar-refractivity contribution in [3.63, 3.8) is 0 Å². The molecule has 0 heterocycles. The Morgan fingerprint density at radius 3 is 1.65 bits per heavy atom. The molecule has 17 heavy (non-hydrogen) atoms. The highest BCUT2D eigenvalue weighted by atomic mass is 19.4. The predicted octanol–water partition coefficient (Wildman–Crippen LogP) is 2.52. The number of Topliss-reactive ketones (excluding diaryl/α,β-unsaturated/α-hetero) is 1. The molecule has 0 atom stereocenters. The lowest BCUT2D eigenvalue weighted by Gasteiger charge is -2.18. The van der Waals surface area contributed by atoms with Gasteiger partial charge in [0.25, 0.3) is 0 Å². The average molecular weight is 264 g/mol. The molecule has 0 aliphatic carbocycles. The molecule has 0 aliphatic rings. The molecule has 0 aromatic carbocycles. The van der Waals surface area contributed by atoms with Crippen LogP contribution in [0.15, 0.2) is 11.1 Å². The van der Waals surface area contributed by atoms with Gasteiger partial charge in [0.05, 0.1) is 0 Å². The monoisotopic (exact) mass is 264 g/mol. The summed E-state index contributed by atoms with van der Waals surface area (Å²) in [5.74, 6) is -10.8. The topological polar surface area (TPSA) is 43.4 Å². The van der Waals surface area contributed by atoms with E-state index >= 15 is 0 Å². The Kier molecular flexibility index (Phi) is 4.33. The van der Waals surface area contributed by atoms with E-state index in [1.54, 1.807) is 0 Å². The Bertz CT molecular complexity index is 364. The van der Waals surface area contributed by atoms with E-state index in [1.165, 1.54) is 0 Å². The maximum absolute atomic E-state index is 12.6. The standard InChI is InChI=1S/C8H6F6O3/c1-3(2)4(6(16)17-14)5(15)7(9,10)8(11,12)13/h1-2H3. The van der Waals surface area contributed by atoms with Gasteiger partial charge in [-0.05, 0) is 13.8 Å². The molecule has 0 aliphatic heterocycles. The van der Waals surface area contributed by atoms with Gasteiger partial charge in [-0.15, -0.1) is 0 Å². The van der Waals surface area contributed by atoms with Gasteiger partial charge in [0.1, 0.15) is 5.57 Å². The number of alkyl halides is 5. The summed E-state index contributed by atoms with van der Waals surface area (Å²) in [6, 6.07) is 0. The second-order valence-corrected chi connectivity index (χ2v) is 3.14. The van der Waals surface area contributed by atoms with Crippen LogP contribution in [0.25, 0.3) is 0 Å². The minimum absolute atomic E-state index is 0.526. The maximum atomic E-state index is 12.6. The van der Waals surface area contributed by atoms with Crippen molar-refractivity contribution in [2.45, 2.75) is 25.9 Å². The maximum Gasteiger partial charge on any atom is 0.461 e. The molecule has 0 N–H and O–H groups in total. The summed E-state index contributed by atoms with van der Waals surface area (Å²) in [5, 5.41) is 0. The summed E-state index contributed by atoms with van der Waals surface area (Å²) in [6.07, 6.45) is -6.18. The zero-order chi connectivity index (χ0) is 14.0. The quantitative estimate of drug-likeness (QED) is 0.340. The van der Waals surface area contributed by atoms with E-state index in [0.29, 0.717) is 0 Å². The molecule has 3 nitrogen and oxygen atoms in total. The Morgan fingerprint density at radius 2 is 1.41 bits per heavy atom. The van der Waals surface area contributed by atoms with Gasteiger partial charge < -0.3 is 0 Å². The van der Waals surface area contributed by atoms with Gasteiger partial charge in [0, 0.05) is 4.53 Å². The SMILES string of the molecule is CC(C)=C(C(=O)OF)C(=O)C(F)(F)C(F)(F)F. The van der Waals surface area contributed by atoms with Crippen LogP contribution in [0, 0.1) is 0 Å². The van der Waals surface area contributed by atoms with E-state index in [9.17, 15) is 36.1 Å². The summed E-state index contributed by atoms with van der Waals surface area (Å²) in [4.78, 5) is 23.9. The van der Waals surface area contributed by atoms with Crippen molar-refractivity contribution in [1.82, 2.24) is 0 Å². The molecule has 0 saturated heterocycles. The Labute approximate surface area is 90.9 Å². The molecule has 0 fully saturated rings. The molecular formula is C8H6F6O3. The molecular weight excluding hydrogens is 258 g/mol. The number of rotatable bonds is 3. The first-order valence-corrected chi connectivity index (χ1v) is 3.96. The van der Waals surface area contributed by atoms with Gasteiger partial charge in [-0.2, -0.15) is 22.0 Å². The summed E-state index contributed by atoms with van der Waals surface area (Å²) in [6.45, 7) is 1.77. The molecule has 0 spiro atoms. The first-order valence-electron chi connectivity index (χ1n) is 3.96. The highest BCUT2D eigenvalue weighted by molar-refractivity contribution is 6.20. The lowest BCUT2D eigenvalue weighted by atomic mass is 10.0. The third-order valence-electron chi connectivity index (χ3n) is 1.64. The van der Waals surface area contributed by atoms with Crippen LogP contribution in [0.2, 0.25) is 0 Å². The summed E-state index contributed by atoms with van der Waals surface area (Å²) < 4.78 is 72.2. The largest absolute Gasteiger partial charge is 0.461 e. The van der Waals surface area contributed by atoms with Gasteiger partial charge in [-0.3, -0.25) is 4.79 Å². The Morgan fingerprint density at radius 1 is 1.00 bits per heavy atom.